The van der Waals surface area contributed by atoms with Crippen LogP contribution in [0.4, 0.5) is 0 Å². The van der Waals surface area contributed by atoms with E-state index in [2.05, 4.69) is 46.5 Å². The molecule has 0 radical (unpaired) electrons. The maximum absolute atomic E-state index is 13.0. The number of ether oxygens (including phenoxy) is 2. The maximum atomic E-state index is 13.0. The summed E-state index contributed by atoms with van der Waals surface area (Å²) in [6.07, 6.45) is 5.61. The fraction of sp³-hybridized carbons (Fsp3) is 0.522. The van der Waals surface area contributed by atoms with E-state index in [0.29, 0.717) is 19.1 Å². The SMILES string of the molecule is CCCCOc1c(OCC)nc(=O)[nH]c1C(=O)NC1CCC(c2ccccc2)CC1. The van der Waals surface area contributed by atoms with Crippen LogP contribution >= 0.6 is 0 Å². The molecule has 0 unspecified atom stereocenters. The number of carbonyl (C=O) groups is 1. The lowest BCUT2D eigenvalue weighted by molar-refractivity contribution is 0.0913. The number of amides is 1. The molecular formula is C23H31N3O4. The molecule has 3 rings (SSSR count). The first-order valence-corrected chi connectivity index (χ1v) is 10.9. The van der Waals surface area contributed by atoms with Crippen molar-refractivity contribution in [3.8, 4) is 11.6 Å². The van der Waals surface area contributed by atoms with Gasteiger partial charge in [-0.2, -0.15) is 4.98 Å². The number of H-pyrrole nitrogens is 1. The minimum atomic E-state index is -0.626. The smallest absolute Gasteiger partial charge is 0.349 e. The first-order chi connectivity index (χ1) is 14.6. The molecule has 2 N–H and O–H groups in total. The lowest BCUT2D eigenvalue weighted by Crippen LogP contribution is -2.38. The van der Waals surface area contributed by atoms with Crippen molar-refractivity contribution in [3.63, 3.8) is 0 Å². The van der Waals surface area contributed by atoms with E-state index in [1.54, 1.807) is 6.92 Å². The van der Waals surface area contributed by atoms with Crippen molar-refractivity contribution in [2.45, 2.75) is 64.3 Å². The van der Waals surface area contributed by atoms with E-state index < -0.39 is 5.69 Å². The van der Waals surface area contributed by atoms with Gasteiger partial charge in [0.1, 0.15) is 0 Å². The fourth-order valence-electron chi connectivity index (χ4n) is 3.84. The molecule has 0 saturated heterocycles. The van der Waals surface area contributed by atoms with Crippen LogP contribution in [0.5, 0.6) is 11.6 Å². The summed E-state index contributed by atoms with van der Waals surface area (Å²) in [5.74, 6) is 0.443. The van der Waals surface area contributed by atoms with Crippen molar-refractivity contribution < 1.29 is 14.3 Å². The second-order valence-electron chi connectivity index (χ2n) is 7.62. The molecule has 0 atom stereocenters. The van der Waals surface area contributed by atoms with Crippen molar-refractivity contribution in [2.24, 2.45) is 0 Å². The van der Waals surface area contributed by atoms with Crippen LogP contribution in [0.2, 0.25) is 0 Å². The number of benzene rings is 1. The summed E-state index contributed by atoms with van der Waals surface area (Å²) >= 11 is 0. The van der Waals surface area contributed by atoms with E-state index in [4.69, 9.17) is 9.47 Å². The quantitative estimate of drug-likeness (QED) is 0.610. The number of rotatable bonds is 9. The Hall–Kier alpha value is -2.83. The molecule has 1 aromatic heterocycles. The summed E-state index contributed by atoms with van der Waals surface area (Å²) in [5, 5.41) is 3.06. The molecule has 1 aliphatic rings. The number of hydrogen-bond acceptors (Lipinski definition) is 5. The Labute approximate surface area is 177 Å². The van der Waals surface area contributed by atoms with E-state index in [1.165, 1.54) is 5.56 Å². The van der Waals surface area contributed by atoms with Gasteiger partial charge in [-0.3, -0.25) is 9.78 Å². The fourth-order valence-corrected chi connectivity index (χ4v) is 3.84. The molecule has 1 heterocycles. The standard InChI is InChI=1S/C23H31N3O4/c1-3-5-15-30-20-19(25-23(28)26-22(20)29-4-2)21(27)24-18-13-11-17(12-14-18)16-9-7-6-8-10-16/h6-10,17-18H,3-5,11-15H2,1-2H3,(H,24,27)(H,25,26,28). The Balaban J connectivity index is 1.69. The zero-order chi connectivity index (χ0) is 21.3. The highest BCUT2D eigenvalue weighted by Crippen LogP contribution is 2.33. The molecule has 162 valence electrons. The second kappa shape index (κ2) is 10.8. The monoisotopic (exact) mass is 413 g/mol. The first-order valence-electron chi connectivity index (χ1n) is 10.9. The lowest BCUT2D eigenvalue weighted by Gasteiger charge is -2.29. The van der Waals surface area contributed by atoms with E-state index >= 15 is 0 Å². The molecule has 0 bridgehead atoms. The summed E-state index contributed by atoms with van der Waals surface area (Å²) in [6, 6.07) is 10.6. The van der Waals surface area contributed by atoms with Crippen LogP contribution in [0.15, 0.2) is 35.1 Å². The van der Waals surface area contributed by atoms with E-state index in [9.17, 15) is 9.59 Å². The summed E-state index contributed by atoms with van der Waals surface area (Å²) in [6.45, 7) is 4.60. The Bertz CT molecular complexity index is 874. The van der Waals surface area contributed by atoms with Crippen molar-refractivity contribution in [3.05, 3.63) is 52.1 Å². The molecule has 0 spiro atoms. The molecule has 7 heteroatoms. The Morgan fingerprint density at radius 3 is 2.53 bits per heavy atom. The van der Waals surface area contributed by atoms with Gasteiger partial charge in [-0.1, -0.05) is 43.7 Å². The Kier molecular flexibility index (Phi) is 7.88. The zero-order valence-electron chi connectivity index (χ0n) is 17.8. The topological polar surface area (TPSA) is 93.3 Å². The normalized spacial score (nSPS) is 18.6. The van der Waals surface area contributed by atoms with Crippen LogP contribution in [0.1, 0.15) is 74.3 Å². The van der Waals surface area contributed by atoms with Crippen LogP contribution < -0.4 is 20.5 Å². The number of carbonyl (C=O) groups excluding carboxylic acids is 1. The highest BCUT2D eigenvalue weighted by Gasteiger charge is 2.27. The molecule has 1 fully saturated rings. The largest absolute Gasteiger partial charge is 0.486 e. The number of aromatic amines is 1. The van der Waals surface area contributed by atoms with Gasteiger partial charge in [0.25, 0.3) is 11.8 Å². The van der Waals surface area contributed by atoms with Crippen LogP contribution in [0.25, 0.3) is 0 Å². The van der Waals surface area contributed by atoms with Gasteiger partial charge in [-0.05, 0) is 50.5 Å². The highest BCUT2D eigenvalue weighted by atomic mass is 16.5. The summed E-state index contributed by atoms with van der Waals surface area (Å²) in [4.78, 5) is 31.3. The average molecular weight is 414 g/mol. The van der Waals surface area contributed by atoms with Crippen LogP contribution in [-0.4, -0.2) is 35.1 Å². The Morgan fingerprint density at radius 2 is 1.87 bits per heavy atom. The summed E-state index contributed by atoms with van der Waals surface area (Å²) in [7, 11) is 0. The number of aromatic nitrogens is 2. The molecular weight excluding hydrogens is 382 g/mol. The third kappa shape index (κ3) is 5.62. The molecule has 0 aliphatic heterocycles. The van der Waals surface area contributed by atoms with Gasteiger partial charge in [-0.15, -0.1) is 0 Å². The van der Waals surface area contributed by atoms with Gasteiger partial charge in [0.05, 0.1) is 13.2 Å². The first kappa shape index (κ1) is 21.9. The minimum Gasteiger partial charge on any atom is -0.486 e. The van der Waals surface area contributed by atoms with Crippen molar-refractivity contribution in [2.75, 3.05) is 13.2 Å². The van der Waals surface area contributed by atoms with E-state index in [0.717, 1.165) is 38.5 Å². The molecule has 30 heavy (non-hydrogen) atoms. The molecule has 1 aliphatic carbocycles. The van der Waals surface area contributed by atoms with Crippen LogP contribution in [0, 0.1) is 0 Å². The minimum absolute atomic E-state index is 0.0631. The maximum Gasteiger partial charge on any atom is 0.349 e. The third-order valence-corrected chi connectivity index (χ3v) is 5.44. The molecule has 1 aromatic carbocycles. The zero-order valence-corrected chi connectivity index (χ0v) is 17.8. The number of hydrogen-bond donors (Lipinski definition) is 2. The van der Waals surface area contributed by atoms with Gasteiger partial charge in [-0.25, -0.2) is 4.79 Å². The second-order valence-corrected chi connectivity index (χ2v) is 7.62. The lowest BCUT2D eigenvalue weighted by atomic mass is 9.82. The number of unbranched alkanes of at least 4 members (excludes halogenated alkanes) is 1. The van der Waals surface area contributed by atoms with Gasteiger partial charge in [0.2, 0.25) is 5.75 Å². The molecule has 1 amide bonds. The van der Waals surface area contributed by atoms with Crippen molar-refractivity contribution >= 4 is 5.91 Å². The van der Waals surface area contributed by atoms with Crippen molar-refractivity contribution in [1.82, 2.24) is 15.3 Å². The number of nitrogens with zero attached hydrogens (tertiary/aromatic N) is 1. The Morgan fingerprint density at radius 1 is 1.13 bits per heavy atom. The molecule has 1 saturated carbocycles. The summed E-state index contributed by atoms with van der Waals surface area (Å²) < 4.78 is 11.2. The average Bonchev–Trinajstić information content (AvgIpc) is 2.76. The van der Waals surface area contributed by atoms with Crippen molar-refractivity contribution in [1.29, 1.82) is 0 Å². The number of nitrogens with one attached hydrogen (secondary N) is 2. The predicted molar refractivity (Wildman–Crippen MR) is 115 cm³/mol. The van der Waals surface area contributed by atoms with E-state index in [-0.39, 0.29) is 29.3 Å². The van der Waals surface area contributed by atoms with Gasteiger partial charge in [0.15, 0.2) is 5.69 Å². The van der Waals surface area contributed by atoms with Crippen LogP contribution in [-0.2, 0) is 0 Å². The van der Waals surface area contributed by atoms with Crippen LogP contribution in [0.3, 0.4) is 0 Å². The predicted octanol–water partition coefficient (Wildman–Crippen LogP) is 3.80. The highest BCUT2D eigenvalue weighted by molar-refractivity contribution is 5.95. The van der Waals surface area contributed by atoms with Gasteiger partial charge in [0, 0.05) is 6.04 Å². The van der Waals surface area contributed by atoms with Gasteiger partial charge < -0.3 is 14.8 Å². The third-order valence-electron chi connectivity index (χ3n) is 5.44. The van der Waals surface area contributed by atoms with E-state index in [1.807, 2.05) is 6.07 Å². The molecule has 2 aromatic rings. The summed E-state index contributed by atoms with van der Waals surface area (Å²) in [5.41, 5.74) is 0.813. The van der Waals surface area contributed by atoms with Gasteiger partial charge >= 0.3 is 5.69 Å². The molecule has 7 nitrogen and oxygen atoms in total.